The zero-order valence-corrected chi connectivity index (χ0v) is 9.62. The number of hydrogen-bond donors (Lipinski definition) is 1. The summed E-state index contributed by atoms with van der Waals surface area (Å²) in [5, 5.41) is 7.62. The summed E-state index contributed by atoms with van der Waals surface area (Å²) in [5.74, 6) is 0.566. The van der Waals surface area contributed by atoms with Crippen LogP contribution in [0.5, 0.6) is 0 Å². The third-order valence-electron chi connectivity index (χ3n) is 2.62. The fourth-order valence-corrected chi connectivity index (χ4v) is 1.95. The van der Waals surface area contributed by atoms with Gasteiger partial charge in [0.15, 0.2) is 0 Å². The molecule has 3 heteroatoms. The largest absolute Gasteiger partial charge is 0.315 e. The average Bonchev–Trinajstić information content (AvgIpc) is 2.51. The molecule has 80 valence electrons. The highest BCUT2D eigenvalue weighted by Gasteiger charge is 2.12. The smallest absolute Gasteiger partial charge is 0.0492 e. The maximum Gasteiger partial charge on any atom is 0.0492 e. The normalized spacial score (nSPS) is 15.4. The Morgan fingerprint density at radius 3 is 2.71 bits per heavy atom. The van der Waals surface area contributed by atoms with Crippen LogP contribution in [-0.2, 0) is 7.05 Å². The Morgan fingerprint density at radius 2 is 2.21 bits per heavy atom. The summed E-state index contributed by atoms with van der Waals surface area (Å²) in [7, 11) is 2.00. The minimum Gasteiger partial charge on any atom is -0.315 e. The lowest BCUT2D eigenvalue weighted by Gasteiger charge is -2.17. The molecule has 2 unspecified atom stereocenters. The van der Waals surface area contributed by atoms with E-state index in [1.807, 2.05) is 17.9 Å². The van der Waals surface area contributed by atoms with E-state index in [2.05, 4.69) is 37.3 Å². The second-order valence-corrected chi connectivity index (χ2v) is 3.98. The van der Waals surface area contributed by atoms with Crippen LogP contribution in [0.2, 0.25) is 0 Å². The van der Waals surface area contributed by atoms with Gasteiger partial charge >= 0.3 is 0 Å². The Morgan fingerprint density at radius 1 is 1.50 bits per heavy atom. The molecular weight excluding hydrogens is 174 g/mol. The molecule has 3 nitrogen and oxygen atoms in total. The predicted molar refractivity (Wildman–Crippen MR) is 59.4 cm³/mol. The van der Waals surface area contributed by atoms with Crippen molar-refractivity contribution in [2.75, 3.05) is 6.54 Å². The van der Waals surface area contributed by atoms with Crippen molar-refractivity contribution in [3.8, 4) is 0 Å². The van der Waals surface area contributed by atoms with Crippen LogP contribution in [0.1, 0.15) is 38.8 Å². The topological polar surface area (TPSA) is 29.9 Å². The number of hydrogen-bond acceptors (Lipinski definition) is 2. The first-order chi connectivity index (χ1) is 6.65. The maximum absolute atomic E-state index is 4.19. The molecule has 0 aliphatic carbocycles. The Bertz CT molecular complexity index is 267. The van der Waals surface area contributed by atoms with Crippen LogP contribution in [-0.4, -0.2) is 22.4 Å². The molecule has 1 aromatic heterocycles. The lowest BCUT2D eigenvalue weighted by Crippen LogP contribution is -2.27. The van der Waals surface area contributed by atoms with Crippen molar-refractivity contribution in [3.05, 3.63) is 18.0 Å². The molecule has 0 aromatic carbocycles. The fraction of sp³-hybridized carbons (Fsp3) is 0.727. The molecule has 0 radical (unpaired) electrons. The Hall–Kier alpha value is -0.830. The summed E-state index contributed by atoms with van der Waals surface area (Å²) in [5.41, 5.74) is 1.31. The van der Waals surface area contributed by atoms with Crippen LogP contribution in [0.25, 0.3) is 0 Å². The van der Waals surface area contributed by atoms with Crippen molar-refractivity contribution < 1.29 is 0 Å². The van der Waals surface area contributed by atoms with Crippen LogP contribution in [0.15, 0.2) is 12.3 Å². The molecule has 0 spiro atoms. The third-order valence-corrected chi connectivity index (χ3v) is 2.62. The summed E-state index contributed by atoms with van der Waals surface area (Å²) in [6, 6.07) is 2.67. The molecule has 0 amide bonds. The number of nitrogens with zero attached hydrogens (tertiary/aromatic N) is 2. The highest BCUT2D eigenvalue weighted by atomic mass is 15.3. The van der Waals surface area contributed by atoms with Gasteiger partial charge in [-0.25, -0.2) is 0 Å². The molecule has 0 bridgehead atoms. The molecule has 0 fully saturated rings. The van der Waals surface area contributed by atoms with Crippen molar-refractivity contribution >= 4 is 0 Å². The van der Waals surface area contributed by atoms with Gasteiger partial charge < -0.3 is 5.32 Å². The molecule has 1 N–H and O–H groups in total. The standard InChI is InChI=1S/C11H21N3/c1-5-12-10(3)8-9(2)11-6-7-13-14(11)4/h6-7,9-10,12H,5,8H2,1-4H3. The lowest BCUT2D eigenvalue weighted by molar-refractivity contribution is 0.475. The first-order valence-electron chi connectivity index (χ1n) is 5.36. The molecule has 14 heavy (non-hydrogen) atoms. The van der Waals surface area contributed by atoms with Gasteiger partial charge in [-0.3, -0.25) is 4.68 Å². The van der Waals surface area contributed by atoms with Crippen LogP contribution >= 0.6 is 0 Å². The van der Waals surface area contributed by atoms with Crippen molar-refractivity contribution in [2.45, 2.75) is 39.2 Å². The minimum atomic E-state index is 0.566. The first-order valence-corrected chi connectivity index (χ1v) is 5.36. The van der Waals surface area contributed by atoms with E-state index in [9.17, 15) is 0 Å². The van der Waals surface area contributed by atoms with Crippen LogP contribution in [0.3, 0.4) is 0 Å². The molecule has 0 saturated carbocycles. The monoisotopic (exact) mass is 195 g/mol. The molecule has 1 heterocycles. The molecule has 2 atom stereocenters. The summed E-state index contributed by atoms with van der Waals surface area (Å²) in [6.07, 6.45) is 3.02. The van der Waals surface area contributed by atoms with Crippen molar-refractivity contribution in [1.29, 1.82) is 0 Å². The number of nitrogens with one attached hydrogen (secondary N) is 1. The van der Waals surface area contributed by atoms with E-state index in [0.29, 0.717) is 12.0 Å². The van der Waals surface area contributed by atoms with E-state index in [4.69, 9.17) is 0 Å². The van der Waals surface area contributed by atoms with Gasteiger partial charge in [0, 0.05) is 25.0 Å². The summed E-state index contributed by atoms with van der Waals surface area (Å²) in [6.45, 7) is 7.67. The van der Waals surface area contributed by atoms with Gasteiger partial charge in [-0.05, 0) is 31.9 Å². The summed E-state index contributed by atoms with van der Waals surface area (Å²) in [4.78, 5) is 0. The lowest BCUT2D eigenvalue weighted by atomic mass is 9.99. The Kier molecular flexibility index (Phi) is 4.14. The Balaban J connectivity index is 2.50. The third kappa shape index (κ3) is 2.84. The second-order valence-electron chi connectivity index (χ2n) is 3.98. The van der Waals surface area contributed by atoms with E-state index in [1.165, 1.54) is 5.69 Å². The fourth-order valence-electron chi connectivity index (χ4n) is 1.95. The van der Waals surface area contributed by atoms with E-state index in [1.54, 1.807) is 0 Å². The summed E-state index contributed by atoms with van der Waals surface area (Å²) >= 11 is 0. The number of aromatic nitrogens is 2. The van der Waals surface area contributed by atoms with Gasteiger partial charge in [0.1, 0.15) is 0 Å². The number of rotatable bonds is 5. The zero-order chi connectivity index (χ0) is 10.6. The quantitative estimate of drug-likeness (QED) is 0.778. The van der Waals surface area contributed by atoms with E-state index < -0.39 is 0 Å². The predicted octanol–water partition coefficient (Wildman–Crippen LogP) is 1.91. The molecule has 0 aliphatic rings. The Labute approximate surface area is 86.5 Å². The van der Waals surface area contributed by atoms with Crippen LogP contribution in [0.4, 0.5) is 0 Å². The van der Waals surface area contributed by atoms with E-state index >= 15 is 0 Å². The van der Waals surface area contributed by atoms with Crippen molar-refractivity contribution in [2.24, 2.45) is 7.05 Å². The van der Waals surface area contributed by atoms with Crippen molar-refractivity contribution in [3.63, 3.8) is 0 Å². The van der Waals surface area contributed by atoms with Gasteiger partial charge in [0.2, 0.25) is 0 Å². The molecule has 0 saturated heterocycles. The van der Waals surface area contributed by atoms with E-state index in [-0.39, 0.29) is 0 Å². The highest BCUT2D eigenvalue weighted by molar-refractivity contribution is 5.06. The minimum absolute atomic E-state index is 0.566. The molecule has 1 rings (SSSR count). The van der Waals surface area contributed by atoms with Crippen LogP contribution < -0.4 is 5.32 Å². The van der Waals surface area contributed by atoms with Gasteiger partial charge in [-0.2, -0.15) is 5.10 Å². The van der Waals surface area contributed by atoms with Crippen LogP contribution in [0, 0.1) is 0 Å². The van der Waals surface area contributed by atoms with E-state index in [0.717, 1.165) is 13.0 Å². The SMILES string of the molecule is CCNC(C)CC(C)c1ccnn1C. The van der Waals surface area contributed by atoms with Gasteiger partial charge in [-0.15, -0.1) is 0 Å². The van der Waals surface area contributed by atoms with Crippen molar-refractivity contribution in [1.82, 2.24) is 15.1 Å². The average molecular weight is 195 g/mol. The zero-order valence-electron chi connectivity index (χ0n) is 9.62. The molecular formula is C11H21N3. The number of aryl methyl sites for hydroxylation is 1. The van der Waals surface area contributed by atoms with Gasteiger partial charge in [0.05, 0.1) is 0 Å². The molecule has 1 aromatic rings. The van der Waals surface area contributed by atoms with Gasteiger partial charge in [-0.1, -0.05) is 13.8 Å². The first kappa shape index (κ1) is 11.2. The maximum atomic E-state index is 4.19. The molecule has 0 aliphatic heterocycles. The highest BCUT2D eigenvalue weighted by Crippen LogP contribution is 2.19. The summed E-state index contributed by atoms with van der Waals surface area (Å²) < 4.78 is 1.96. The second kappa shape index (κ2) is 5.15. The van der Waals surface area contributed by atoms with Gasteiger partial charge in [0.25, 0.3) is 0 Å².